The minimum atomic E-state index is -0.334. The van der Waals surface area contributed by atoms with Gasteiger partial charge in [-0.3, -0.25) is 4.79 Å². The van der Waals surface area contributed by atoms with Crippen LogP contribution in [0.25, 0.3) is 10.2 Å². The Balaban J connectivity index is 2.13. The maximum absolute atomic E-state index is 12.5. The van der Waals surface area contributed by atoms with Crippen LogP contribution in [0.4, 0.5) is 0 Å². The Labute approximate surface area is 149 Å². The van der Waals surface area contributed by atoms with Crippen molar-refractivity contribution in [2.24, 2.45) is 4.99 Å². The number of hydrogen-bond acceptors (Lipinski definition) is 4. The lowest BCUT2D eigenvalue weighted by molar-refractivity contribution is 0.0998. The number of hydrogen-bond donors (Lipinski definition) is 0. The third-order valence-corrected chi connectivity index (χ3v) is 4.71. The van der Waals surface area contributed by atoms with Gasteiger partial charge < -0.3 is 14.0 Å². The number of carbonyl (C=O) groups excluding carboxylic acids is 1. The van der Waals surface area contributed by atoms with Crippen LogP contribution >= 0.6 is 11.3 Å². The van der Waals surface area contributed by atoms with Crippen LogP contribution in [0, 0.1) is 12.3 Å². The summed E-state index contributed by atoms with van der Waals surface area (Å²) in [6.45, 7) is 0.301. The molecule has 126 valence electrons. The number of benzene rings is 2. The number of carbonyl (C=O) groups is 1. The van der Waals surface area contributed by atoms with Gasteiger partial charge in [0.15, 0.2) is 4.80 Å². The van der Waals surface area contributed by atoms with Gasteiger partial charge in [-0.05, 0) is 36.4 Å². The Bertz CT molecular complexity index is 1020. The first-order chi connectivity index (χ1) is 12.2. The molecule has 3 rings (SSSR count). The van der Waals surface area contributed by atoms with Crippen LogP contribution in [0.1, 0.15) is 10.4 Å². The van der Waals surface area contributed by atoms with Crippen LogP contribution in [0.5, 0.6) is 11.5 Å². The van der Waals surface area contributed by atoms with Crippen molar-refractivity contribution in [3.05, 3.63) is 52.8 Å². The lowest BCUT2D eigenvalue weighted by Crippen LogP contribution is -2.16. The first-order valence-corrected chi connectivity index (χ1v) is 8.32. The molecule has 3 aromatic rings. The summed E-state index contributed by atoms with van der Waals surface area (Å²) in [6, 6.07) is 12.5. The molecular weight excluding hydrogens is 336 g/mol. The van der Waals surface area contributed by atoms with Crippen molar-refractivity contribution in [2.45, 2.75) is 6.54 Å². The molecule has 1 heterocycles. The summed E-state index contributed by atoms with van der Waals surface area (Å²) in [5.74, 6) is 3.66. The number of para-hydroxylation sites is 1. The summed E-state index contributed by atoms with van der Waals surface area (Å²) in [5, 5.41) is 0. The van der Waals surface area contributed by atoms with Crippen molar-refractivity contribution in [1.82, 2.24) is 4.57 Å². The fraction of sp³-hybridized carbons (Fsp3) is 0.158. The second kappa shape index (κ2) is 7.24. The van der Waals surface area contributed by atoms with E-state index in [-0.39, 0.29) is 5.91 Å². The maximum atomic E-state index is 12.5. The fourth-order valence-corrected chi connectivity index (χ4v) is 3.52. The van der Waals surface area contributed by atoms with E-state index in [1.165, 1.54) is 11.3 Å². The molecule has 0 aliphatic carbocycles. The molecule has 0 fully saturated rings. The van der Waals surface area contributed by atoms with Gasteiger partial charge in [-0.2, -0.15) is 4.99 Å². The Morgan fingerprint density at radius 3 is 2.60 bits per heavy atom. The van der Waals surface area contributed by atoms with E-state index < -0.39 is 0 Å². The number of thiazole rings is 1. The van der Waals surface area contributed by atoms with Gasteiger partial charge in [0.2, 0.25) is 0 Å². The van der Waals surface area contributed by atoms with E-state index in [4.69, 9.17) is 15.9 Å². The number of ether oxygens (including phenoxy) is 2. The monoisotopic (exact) mass is 352 g/mol. The van der Waals surface area contributed by atoms with E-state index in [2.05, 4.69) is 10.9 Å². The van der Waals surface area contributed by atoms with Gasteiger partial charge in [-0.25, -0.2) is 0 Å². The van der Waals surface area contributed by atoms with Gasteiger partial charge in [0.1, 0.15) is 17.0 Å². The molecular formula is C19H16N2O3S. The normalized spacial score (nSPS) is 11.3. The lowest BCUT2D eigenvalue weighted by Gasteiger charge is -2.05. The molecule has 5 nitrogen and oxygen atoms in total. The van der Waals surface area contributed by atoms with Crippen LogP contribution in [-0.2, 0) is 6.54 Å². The highest BCUT2D eigenvalue weighted by Crippen LogP contribution is 2.27. The van der Waals surface area contributed by atoms with Gasteiger partial charge >= 0.3 is 0 Å². The highest BCUT2D eigenvalue weighted by molar-refractivity contribution is 7.16. The smallest absolute Gasteiger partial charge is 0.279 e. The molecule has 6 heteroatoms. The number of terminal acetylenes is 1. The Kier molecular flexibility index (Phi) is 4.87. The van der Waals surface area contributed by atoms with Gasteiger partial charge in [-0.1, -0.05) is 23.3 Å². The van der Waals surface area contributed by atoms with Crippen LogP contribution in [0.3, 0.4) is 0 Å². The number of aromatic nitrogens is 1. The molecule has 2 aromatic carbocycles. The molecule has 1 amide bonds. The van der Waals surface area contributed by atoms with E-state index in [0.29, 0.717) is 28.4 Å². The van der Waals surface area contributed by atoms with Crippen molar-refractivity contribution in [3.63, 3.8) is 0 Å². The fourth-order valence-electron chi connectivity index (χ4n) is 2.47. The van der Waals surface area contributed by atoms with Crippen molar-refractivity contribution in [2.75, 3.05) is 14.2 Å². The third kappa shape index (κ3) is 3.28. The van der Waals surface area contributed by atoms with Gasteiger partial charge in [0, 0.05) is 5.56 Å². The van der Waals surface area contributed by atoms with Gasteiger partial charge in [-0.15, -0.1) is 6.42 Å². The first-order valence-electron chi connectivity index (χ1n) is 7.51. The summed E-state index contributed by atoms with van der Waals surface area (Å²) in [4.78, 5) is 17.3. The van der Waals surface area contributed by atoms with Crippen molar-refractivity contribution in [3.8, 4) is 23.8 Å². The summed E-state index contributed by atoms with van der Waals surface area (Å²) >= 11 is 1.40. The number of amides is 1. The van der Waals surface area contributed by atoms with Crippen molar-refractivity contribution < 1.29 is 14.3 Å². The van der Waals surface area contributed by atoms with E-state index in [1.54, 1.807) is 38.5 Å². The van der Waals surface area contributed by atoms with Crippen LogP contribution in [0.15, 0.2) is 47.5 Å². The zero-order valence-corrected chi connectivity index (χ0v) is 14.7. The van der Waals surface area contributed by atoms with Crippen LogP contribution < -0.4 is 14.3 Å². The second-order valence-corrected chi connectivity index (χ2v) is 6.14. The zero-order valence-electron chi connectivity index (χ0n) is 13.9. The number of rotatable bonds is 4. The maximum Gasteiger partial charge on any atom is 0.279 e. The quantitative estimate of drug-likeness (QED) is 0.678. The second-order valence-electron chi connectivity index (χ2n) is 5.13. The molecule has 25 heavy (non-hydrogen) atoms. The van der Waals surface area contributed by atoms with E-state index in [9.17, 15) is 4.79 Å². The average molecular weight is 352 g/mol. The largest absolute Gasteiger partial charge is 0.497 e. The SMILES string of the molecule is C#CCn1c(=NC(=O)c2ccc(OC)cc2)sc2cccc(OC)c21. The van der Waals surface area contributed by atoms with Crippen LogP contribution in [-0.4, -0.2) is 24.7 Å². The molecule has 0 aliphatic heterocycles. The molecule has 0 aliphatic rings. The molecule has 1 aromatic heterocycles. The molecule has 0 radical (unpaired) electrons. The molecule has 0 saturated heterocycles. The van der Waals surface area contributed by atoms with Crippen LogP contribution in [0.2, 0.25) is 0 Å². The molecule has 0 bridgehead atoms. The Hall–Kier alpha value is -3.04. The standard InChI is InChI=1S/C19H16N2O3S/c1-4-12-21-17-15(24-3)6-5-7-16(17)25-19(21)20-18(22)13-8-10-14(23-2)11-9-13/h1,5-11H,12H2,2-3H3. The van der Waals surface area contributed by atoms with E-state index >= 15 is 0 Å². The minimum Gasteiger partial charge on any atom is -0.497 e. The summed E-state index contributed by atoms with van der Waals surface area (Å²) < 4.78 is 13.3. The Morgan fingerprint density at radius 2 is 1.96 bits per heavy atom. The van der Waals surface area contributed by atoms with Crippen molar-refractivity contribution in [1.29, 1.82) is 0 Å². The predicted molar refractivity (Wildman–Crippen MR) is 98.1 cm³/mol. The summed E-state index contributed by atoms with van der Waals surface area (Å²) in [6.07, 6.45) is 5.50. The van der Waals surface area contributed by atoms with E-state index in [1.807, 2.05) is 22.8 Å². The lowest BCUT2D eigenvalue weighted by atomic mass is 10.2. The zero-order chi connectivity index (χ0) is 17.8. The molecule has 0 unspecified atom stereocenters. The highest BCUT2D eigenvalue weighted by Gasteiger charge is 2.12. The minimum absolute atomic E-state index is 0.301. The third-order valence-electron chi connectivity index (χ3n) is 3.67. The van der Waals surface area contributed by atoms with Gasteiger partial charge in [0.25, 0.3) is 5.91 Å². The molecule has 0 atom stereocenters. The molecule has 0 spiro atoms. The van der Waals surface area contributed by atoms with Crippen molar-refractivity contribution >= 4 is 27.5 Å². The van der Waals surface area contributed by atoms with E-state index in [0.717, 1.165) is 10.2 Å². The highest BCUT2D eigenvalue weighted by atomic mass is 32.1. The summed E-state index contributed by atoms with van der Waals surface area (Å²) in [5.41, 5.74) is 1.33. The summed E-state index contributed by atoms with van der Waals surface area (Å²) in [7, 11) is 3.18. The Morgan fingerprint density at radius 1 is 1.20 bits per heavy atom. The predicted octanol–water partition coefficient (Wildman–Crippen LogP) is 3.09. The topological polar surface area (TPSA) is 52.8 Å². The number of methoxy groups -OCH3 is 2. The first kappa shape index (κ1) is 16.8. The number of fused-ring (bicyclic) bond motifs is 1. The number of nitrogens with zero attached hydrogens (tertiary/aromatic N) is 2. The van der Waals surface area contributed by atoms with Gasteiger partial charge in [0.05, 0.1) is 25.5 Å². The molecule has 0 N–H and O–H groups in total. The average Bonchev–Trinajstić information content (AvgIpc) is 2.99. The molecule has 0 saturated carbocycles.